The minimum atomic E-state index is -4.69. The van der Waals surface area contributed by atoms with Crippen molar-refractivity contribution in [3.63, 3.8) is 0 Å². The lowest BCUT2D eigenvalue weighted by atomic mass is 9.79. The van der Waals surface area contributed by atoms with E-state index >= 15 is 0 Å². The Bertz CT molecular complexity index is 1140. The van der Waals surface area contributed by atoms with E-state index in [2.05, 4.69) is 15.4 Å². The van der Waals surface area contributed by atoms with Crippen molar-refractivity contribution in [2.45, 2.75) is 37.9 Å². The number of carbonyl (C=O) groups excluding carboxylic acids is 1. The number of Topliss-reactive ketones (excluding diaryl/α,β-unsaturated/α-hetero) is 1. The van der Waals surface area contributed by atoms with Gasteiger partial charge in [0.2, 0.25) is 5.95 Å². The molecule has 1 N–H and O–H groups in total. The van der Waals surface area contributed by atoms with Gasteiger partial charge in [0.25, 0.3) is 5.82 Å². The van der Waals surface area contributed by atoms with Crippen LogP contribution in [0.1, 0.15) is 47.5 Å². The molecule has 0 amide bonds. The summed E-state index contributed by atoms with van der Waals surface area (Å²) in [5.41, 5.74) is 2.67. The van der Waals surface area contributed by atoms with Gasteiger partial charge < -0.3 is 9.73 Å². The number of allylic oxidation sites excluding steroid dienone is 2. The molecule has 0 radical (unpaired) electrons. The van der Waals surface area contributed by atoms with Gasteiger partial charge in [-0.2, -0.15) is 18.2 Å². The second-order valence-corrected chi connectivity index (χ2v) is 7.58. The number of furan rings is 1. The summed E-state index contributed by atoms with van der Waals surface area (Å²) in [5.74, 6) is -0.928. The molecule has 0 spiro atoms. The van der Waals surface area contributed by atoms with E-state index in [0.29, 0.717) is 29.0 Å². The maximum atomic E-state index is 13.3. The van der Waals surface area contributed by atoms with Gasteiger partial charge >= 0.3 is 6.18 Å². The number of halogens is 3. The molecule has 0 saturated carbocycles. The fraction of sp³-hybridized carbons (Fsp3) is 0.286. The fourth-order valence-electron chi connectivity index (χ4n) is 4.11. The lowest BCUT2D eigenvalue weighted by Crippen LogP contribution is -2.33. The topological polar surface area (TPSA) is 73.0 Å². The van der Waals surface area contributed by atoms with E-state index < -0.39 is 18.0 Å². The zero-order valence-corrected chi connectivity index (χ0v) is 15.9. The van der Waals surface area contributed by atoms with Crippen LogP contribution in [-0.4, -0.2) is 20.5 Å². The van der Waals surface area contributed by atoms with Crippen molar-refractivity contribution in [3.05, 3.63) is 76.6 Å². The van der Waals surface area contributed by atoms with E-state index in [0.717, 1.165) is 10.2 Å². The second-order valence-electron chi connectivity index (χ2n) is 7.58. The number of ketones is 1. The Kier molecular flexibility index (Phi) is 4.09. The SMILES string of the molecule is Cc1ccc([C@H]2C3=C(C[C@@H](c4ccco4)CC3=O)Nc3nc(C(F)(F)F)nn32)cc1. The van der Waals surface area contributed by atoms with E-state index in [1.807, 2.05) is 19.1 Å². The molecule has 30 heavy (non-hydrogen) atoms. The quantitative estimate of drug-likeness (QED) is 0.663. The van der Waals surface area contributed by atoms with Crippen molar-refractivity contribution in [1.29, 1.82) is 0 Å². The first kappa shape index (κ1) is 18.7. The van der Waals surface area contributed by atoms with Crippen LogP contribution in [0.2, 0.25) is 0 Å². The maximum Gasteiger partial charge on any atom is 0.453 e. The Morgan fingerprint density at radius 1 is 1.17 bits per heavy atom. The summed E-state index contributed by atoms with van der Waals surface area (Å²) >= 11 is 0. The highest BCUT2D eigenvalue weighted by Gasteiger charge is 2.43. The zero-order chi connectivity index (χ0) is 21.0. The minimum Gasteiger partial charge on any atom is -0.469 e. The maximum absolute atomic E-state index is 13.3. The fourth-order valence-corrected chi connectivity index (χ4v) is 4.11. The molecule has 0 bridgehead atoms. The standard InChI is InChI=1S/C21H17F3N4O2/c1-11-4-6-12(7-5-11)18-17-14(9-13(10-15(17)29)16-3-2-8-30-16)25-20-26-19(21(22,23)24)27-28(18)20/h2-8,13,18H,9-10H2,1H3,(H,25,26,27)/t13-,18+/m1/s1. The molecule has 6 nitrogen and oxygen atoms in total. The lowest BCUT2D eigenvalue weighted by molar-refractivity contribution is -0.145. The van der Waals surface area contributed by atoms with E-state index in [1.165, 1.54) is 0 Å². The van der Waals surface area contributed by atoms with Crippen LogP contribution in [0.25, 0.3) is 0 Å². The van der Waals surface area contributed by atoms with Crippen LogP contribution in [0.15, 0.2) is 58.3 Å². The van der Waals surface area contributed by atoms with Crippen molar-refractivity contribution in [3.8, 4) is 0 Å². The molecule has 9 heteroatoms. The Labute approximate surface area is 169 Å². The Hall–Kier alpha value is -3.36. The molecule has 1 aliphatic carbocycles. The Balaban J connectivity index is 1.64. The third-order valence-corrected chi connectivity index (χ3v) is 5.51. The summed E-state index contributed by atoms with van der Waals surface area (Å²) < 4.78 is 46.5. The van der Waals surface area contributed by atoms with Crippen LogP contribution in [0.4, 0.5) is 19.1 Å². The molecule has 3 aromatic rings. The molecule has 2 aliphatic rings. The van der Waals surface area contributed by atoms with Gasteiger partial charge in [-0.1, -0.05) is 29.8 Å². The van der Waals surface area contributed by atoms with Gasteiger partial charge in [0.05, 0.1) is 6.26 Å². The summed E-state index contributed by atoms with van der Waals surface area (Å²) in [7, 11) is 0. The van der Waals surface area contributed by atoms with Crippen molar-refractivity contribution < 1.29 is 22.4 Å². The molecule has 1 aromatic carbocycles. The molecule has 1 aliphatic heterocycles. The number of aromatic nitrogens is 3. The van der Waals surface area contributed by atoms with Gasteiger partial charge in [0, 0.05) is 23.6 Å². The number of benzene rings is 1. The van der Waals surface area contributed by atoms with Gasteiger partial charge in [-0.25, -0.2) is 4.68 Å². The second kappa shape index (κ2) is 6.58. The van der Waals surface area contributed by atoms with Crippen molar-refractivity contribution >= 4 is 11.7 Å². The normalized spacial score (nSPS) is 21.3. The molecular weight excluding hydrogens is 397 g/mol. The number of alkyl halides is 3. The highest BCUT2D eigenvalue weighted by molar-refractivity contribution is 6.00. The molecule has 5 rings (SSSR count). The molecule has 154 valence electrons. The first-order chi connectivity index (χ1) is 14.3. The van der Waals surface area contributed by atoms with Crippen LogP contribution >= 0.6 is 0 Å². The van der Waals surface area contributed by atoms with Gasteiger partial charge in [-0.3, -0.25) is 4.79 Å². The molecule has 0 unspecified atom stereocenters. The third-order valence-electron chi connectivity index (χ3n) is 5.51. The Morgan fingerprint density at radius 2 is 1.93 bits per heavy atom. The number of nitrogens with one attached hydrogen (secondary N) is 1. The van der Waals surface area contributed by atoms with E-state index in [4.69, 9.17) is 4.42 Å². The van der Waals surface area contributed by atoms with Gasteiger partial charge in [0.15, 0.2) is 5.78 Å². The predicted octanol–water partition coefficient (Wildman–Crippen LogP) is 4.61. The van der Waals surface area contributed by atoms with Crippen LogP contribution in [-0.2, 0) is 11.0 Å². The van der Waals surface area contributed by atoms with E-state index in [9.17, 15) is 18.0 Å². The molecular formula is C21H17F3N4O2. The highest BCUT2D eigenvalue weighted by atomic mass is 19.4. The highest BCUT2D eigenvalue weighted by Crippen LogP contribution is 2.44. The van der Waals surface area contributed by atoms with Gasteiger partial charge in [-0.15, -0.1) is 5.10 Å². The summed E-state index contributed by atoms with van der Waals surface area (Å²) in [4.78, 5) is 16.8. The summed E-state index contributed by atoms with van der Waals surface area (Å²) in [5, 5.41) is 6.64. The van der Waals surface area contributed by atoms with Crippen LogP contribution in [0.5, 0.6) is 0 Å². The molecule has 3 heterocycles. The number of nitrogens with zero attached hydrogens (tertiary/aromatic N) is 3. The van der Waals surface area contributed by atoms with Crippen LogP contribution < -0.4 is 5.32 Å². The molecule has 0 saturated heterocycles. The molecule has 0 fully saturated rings. The third kappa shape index (κ3) is 3.01. The van der Waals surface area contributed by atoms with Crippen LogP contribution in [0.3, 0.4) is 0 Å². The number of carbonyl (C=O) groups is 1. The first-order valence-electron chi connectivity index (χ1n) is 9.48. The van der Waals surface area contributed by atoms with Gasteiger partial charge in [-0.05, 0) is 31.0 Å². The van der Waals surface area contributed by atoms with Crippen molar-refractivity contribution in [2.24, 2.45) is 0 Å². The number of hydrogen-bond acceptors (Lipinski definition) is 5. The van der Waals surface area contributed by atoms with E-state index in [1.54, 1.807) is 30.5 Å². The Morgan fingerprint density at radius 3 is 2.60 bits per heavy atom. The zero-order valence-electron chi connectivity index (χ0n) is 15.9. The predicted molar refractivity (Wildman–Crippen MR) is 101 cm³/mol. The number of fused-ring (bicyclic) bond motifs is 1. The van der Waals surface area contributed by atoms with E-state index in [-0.39, 0.29) is 24.1 Å². The molecule has 2 atom stereocenters. The largest absolute Gasteiger partial charge is 0.469 e. The monoisotopic (exact) mass is 414 g/mol. The first-order valence-corrected chi connectivity index (χ1v) is 9.48. The smallest absolute Gasteiger partial charge is 0.453 e. The van der Waals surface area contributed by atoms with Crippen molar-refractivity contribution in [2.75, 3.05) is 5.32 Å². The number of anilines is 1. The van der Waals surface area contributed by atoms with Gasteiger partial charge in [0.1, 0.15) is 11.8 Å². The minimum absolute atomic E-state index is 0.0282. The number of hydrogen-bond donors (Lipinski definition) is 1. The molecule has 2 aromatic heterocycles. The summed E-state index contributed by atoms with van der Waals surface area (Å²) in [6.45, 7) is 1.92. The van der Waals surface area contributed by atoms with Crippen molar-refractivity contribution in [1.82, 2.24) is 14.8 Å². The average molecular weight is 414 g/mol. The number of rotatable bonds is 2. The summed E-state index contributed by atoms with van der Waals surface area (Å²) in [6, 6.07) is 10.1. The van der Waals surface area contributed by atoms with Crippen LogP contribution in [0, 0.1) is 6.92 Å². The average Bonchev–Trinajstić information content (AvgIpc) is 3.36. The summed E-state index contributed by atoms with van der Waals surface area (Å²) in [6.07, 6.45) is -2.50. The number of aryl methyl sites for hydroxylation is 1. The lowest BCUT2D eigenvalue weighted by Gasteiger charge is -2.34.